The number of nitrogens with zero attached hydrogens (tertiary/aromatic N) is 3. The molecule has 0 bridgehead atoms. The quantitative estimate of drug-likeness (QED) is 0.652. The fourth-order valence-corrected chi connectivity index (χ4v) is 4.79. The summed E-state index contributed by atoms with van der Waals surface area (Å²) in [6.07, 6.45) is 1.12. The number of amides is 2. The molecule has 2 atom stereocenters. The average Bonchev–Trinajstić information content (AvgIpc) is 2.98. The molecule has 0 aliphatic carbocycles. The number of halogens is 1. The van der Waals surface area contributed by atoms with Crippen molar-refractivity contribution in [2.75, 3.05) is 37.0 Å². The summed E-state index contributed by atoms with van der Waals surface area (Å²) in [4.78, 5) is 32.7. The van der Waals surface area contributed by atoms with Crippen LogP contribution in [0.4, 0.5) is 11.4 Å². The average molecular weight is 438 g/mol. The van der Waals surface area contributed by atoms with E-state index < -0.39 is 0 Å². The summed E-state index contributed by atoms with van der Waals surface area (Å²) >= 11 is 6.08. The topological polar surface area (TPSA) is 43.9 Å². The zero-order valence-corrected chi connectivity index (χ0v) is 19.2. The van der Waals surface area contributed by atoms with Crippen LogP contribution in [0, 0.1) is 11.8 Å². The normalized spacial score (nSPS) is 21.8. The van der Waals surface area contributed by atoms with Gasteiger partial charge in [0.1, 0.15) is 5.70 Å². The van der Waals surface area contributed by atoms with Gasteiger partial charge in [0.25, 0.3) is 11.8 Å². The lowest BCUT2D eigenvalue weighted by Crippen LogP contribution is -2.42. The zero-order valence-electron chi connectivity index (χ0n) is 18.4. The molecule has 2 aromatic carbocycles. The molecule has 4 rings (SSSR count). The van der Waals surface area contributed by atoms with Crippen molar-refractivity contribution < 1.29 is 9.59 Å². The van der Waals surface area contributed by atoms with Gasteiger partial charge in [-0.05, 0) is 60.2 Å². The summed E-state index contributed by atoms with van der Waals surface area (Å²) in [6, 6.07) is 14.6. The van der Waals surface area contributed by atoms with Crippen molar-refractivity contribution in [2.45, 2.75) is 20.3 Å². The molecule has 2 heterocycles. The molecule has 162 valence electrons. The maximum atomic E-state index is 13.7. The van der Waals surface area contributed by atoms with E-state index in [4.69, 9.17) is 11.6 Å². The maximum absolute atomic E-state index is 13.7. The fraction of sp³-hybridized carbons (Fsp3) is 0.360. The first-order valence-electron chi connectivity index (χ1n) is 10.7. The summed E-state index contributed by atoms with van der Waals surface area (Å²) in [5.74, 6) is 0.373. The second kappa shape index (κ2) is 8.39. The van der Waals surface area contributed by atoms with E-state index in [1.165, 1.54) is 4.90 Å². The highest BCUT2D eigenvalue weighted by atomic mass is 35.5. The van der Waals surface area contributed by atoms with Crippen LogP contribution in [0.3, 0.4) is 0 Å². The van der Waals surface area contributed by atoms with E-state index in [1.54, 1.807) is 12.1 Å². The van der Waals surface area contributed by atoms with Crippen molar-refractivity contribution in [2.24, 2.45) is 11.8 Å². The van der Waals surface area contributed by atoms with E-state index in [0.29, 0.717) is 33.8 Å². The van der Waals surface area contributed by atoms with E-state index in [2.05, 4.69) is 18.7 Å². The minimum atomic E-state index is -0.286. The molecule has 0 radical (unpaired) electrons. The van der Waals surface area contributed by atoms with Crippen LogP contribution >= 0.6 is 11.6 Å². The van der Waals surface area contributed by atoms with Crippen molar-refractivity contribution in [1.82, 2.24) is 4.90 Å². The lowest BCUT2D eigenvalue weighted by molar-refractivity contribution is -0.120. The molecule has 6 heteroatoms. The van der Waals surface area contributed by atoms with Crippen molar-refractivity contribution >= 4 is 40.4 Å². The molecule has 2 amide bonds. The number of likely N-dealkylation sites (tertiary alicyclic amines) is 1. The Morgan fingerprint density at radius 3 is 2.00 bits per heavy atom. The number of rotatable bonds is 4. The standard InChI is InChI=1S/C25H28ClN3O2/c1-16-13-17(2)15-28(14-16)23-22(18-5-7-19(26)8-6-18)24(30)29(25(23)31)21-11-9-20(10-12-21)27(3)4/h5-12,16-17H,13-15H2,1-4H3. The number of piperidine rings is 1. The first kappa shape index (κ1) is 21.4. The Balaban J connectivity index is 1.79. The van der Waals surface area contributed by atoms with Crippen LogP contribution in [0.5, 0.6) is 0 Å². The first-order valence-corrected chi connectivity index (χ1v) is 11.1. The van der Waals surface area contributed by atoms with Crippen LogP contribution in [0.15, 0.2) is 54.2 Å². The third-order valence-electron chi connectivity index (χ3n) is 6.00. The van der Waals surface area contributed by atoms with Gasteiger partial charge in [0.15, 0.2) is 0 Å². The van der Waals surface area contributed by atoms with E-state index in [0.717, 1.165) is 30.8 Å². The lowest BCUT2D eigenvalue weighted by Gasteiger charge is -2.37. The highest BCUT2D eigenvalue weighted by molar-refractivity contribution is 6.45. The molecule has 2 aliphatic heterocycles. The Morgan fingerprint density at radius 1 is 0.871 bits per heavy atom. The monoisotopic (exact) mass is 437 g/mol. The first-order chi connectivity index (χ1) is 14.8. The van der Waals surface area contributed by atoms with Gasteiger partial charge in [-0.3, -0.25) is 9.59 Å². The molecule has 2 unspecified atom stereocenters. The van der Waals surface area contributed by atoms with Gasteiger partial charge in [0.05, 0.1) is 11.3 Å². The van der Waals surface area contributed by atoms with Gasteiger partial charge in [0, 0.05) is 37.9 Å². The van der Waals surface area contributed by atoms with Crippen LogP contribution < -0.4 is 9.80 Å². The molecular weight excluding hydrogens is 410 g/mol. The Kier molecular flexibility index (Phi) is 5.80. The smallest absolute Gasteiger partial charge is 0.282 e. The van der Waals surface area contributed by atoms with Gasteiger partial charge in [-0.2, -0.15) is 0 Å². The Morgan fingerprint density at radius 2 is 1.45 bits per heavy atom. The predicted octanol–water partition coefficient (Wildman–Crippen LogP) is 4.67. The molecule has 0 spiro atoms. The van der Waals surface area contributed by atoms with Crippen LogP contribution in [-0.2, 0) is 9.59 Å². The van der Waals surface area contributed by atoms with Crippen molar-refractivity contribution in [3.05, 3.63) is 64.8 Å². The van der Waals surface area contributed by atoms with Gasteiger partial charge in [0.2, 0.25) is 0 Å². The number of anilines is 2. The second-order valence-electron chi connectivity index (χ2n) is 8.94. The Hall–Kier alpha value is -2.79. The molecule has 0 N–H and O–H groups in total. The summed E-state index contributed by atoms with van der Waals surface area (Å²) < 4.78 is 0. The van der Waals surface area contributed by atoms with Gasteiger partial charge in [-0.15, -0.1) is 0 Å². The third-order valence-corrected chi connectivity index (χ3v) is 6.25. The minimum Gasteiger partial charge on any atom is -0.378 e. The summed E-state index contributed by atoms with van der Waals surface area (Å²) in [6.45, 7) is 5.93. The SMILES string of the molecule is CC1CC(C)CN(C2=C(c3ccc(Cl)cc3)C(=O)N(c3ccc(N(C)C)cc3)C2=O)C1. The van der Waals surface area contributed by atoms with Gasteiger partial charge in [-0.25, -0.2) is 4.90 Å². The third kappa shape index (κ3) is 4.07. The number of hydrogen-bond acceptors (Lipinski definition) is 4. The van der Waals surface area contributed by atoms with Crippen molar-refractivity contribution in [3.8, 4) is 0 Å². The molecule has 5 nitrogen and oxygen atoms in total. The molecule has 0 aromatic heterocycles. The lowest BCUT2D eigenvalue weighted by atomic mass is 9.91. The van der Waals surface area contributed by atoms with E-state index >= 15 is 0 Å². The fourth-order valence-electron chi connectivity index (χ4n) is 4.67. The van der Waals surface area contributed by atoms with Gasteiger partial charge < -0.3 is 9.80 Å². The minimum absolute atomic E-state index is 0.256. The Bertz CT molecular complexity index is 1020. The van der Waals surface area contributed by atoms with Crippen LogP contribution in [-0.4, -0.2) is 43.9 Å². The van der Waals surface area contributed by atoms with Crippen LogP contribution in [0.1, 0.15) is 25.8 Å². The molecule has 1 fully saturated rings. The van der Waals surface area contributed by atoms with Crippen molar-refractivity contribution in [1.29, 1.82) is 0 Å². The number of benzene rings is 2. The second-order valence-corrected chi connectivity index (χ2v) is 9.37. The summed E-state index contributed by atoms with van der Waals surface area (Å²) in [5.41, 5.74) is 3.27. The van der Waals surface area contributed by atoms with E-state index in [9.17, 15) is 9.59 Å². The van der Waals surface area contributed by atoms with E-state index in [-0.39, 0.29) is 11.8 Å². The number of imide groups is 1. The predicted molar refractivity (Wildman–Crippen MR) is 126 cm³/mol. The van der Waals surface area contributed by atoms with E-state index in [1.807, 2.05) is 55.4 Å². The van der Waals surface area contributed by atoms with Crippen LogP contribution in [0.25, 0.3) is 5.57 Å². The molecule has 1 saturated heterocycles. The molecule has 2 aliphatic rings. The molecular formula is C25H28ClN3O2. The number of hydrogen-bond donors (Lipinski definition) is 0. The van der Waals surface area contributed by atoms with Crippen LogP contribution in [0.2, 0.25) is 5.02 Å². The van der Waals surface area contributed by atoms with Gasteiger partial charge in [-0.1, -0.05) is 37.6 Å². The van der Waals surface area contributed by atoms with Crippen molar-refractivity contribution in [3.63, 3.8) is 0 Å². The summed E-state index contributed by atoms with van der Waals surface area (Å²) in [7, 11) is 3.91. The van der Waals surface area contributed by atoms with Gasteiger partial charge >= 0.3 is 0 Å². The molecule has 0 saturated carbocycles. The highest BCUT2D eigenvalue weighted by Crippen LogP contribution is 2.37. The highest BCUT2D eigenvalue weighted by Gasteiger charge is 2.43. The largest absolute Gasteiger partial charge is 0.378 e. The molecule has 2 aromatic rings. The Labute approximate surface area is 188 Å². The zero-order chi connectivity index (χ0) is 22.3. The summed E-state index contributed by atoms with van der Waals surface area (Å²) in [5, 5.41) is 0.596. The number of carbonyl (C=O) groups is 2. The number of carbonyl (C=O) groups excluding carboxylic acids is 2. The maximum Gasteiger partial charge on any atom is 0.282 e. The molecule has 31 heavy (non-hydrogen) atoms.